The van der Waals surface area contributed by atoms with E-state index in [2.05, 4.69) is 21.9 Å². The summed E-state index contributed by atoms with van der Waals surface area (Å²) in [5.74, 6) is 0.880. The minimum absolute atomic E-state index is 0.464. The van der Waals surface area contributed by atoms with Gasteiger partial charge in [0.15, 0.2) is 0 Å². The number of piperidine rings is 1. The second-order valence-electron chi connectivity index (χ2n) is 7.26. The van der Waals surface area contributed by atoms with Gasteiger partial charge in [-0.3, -0.25) is 4.79 Å². The summed E-state index contributed by atoms with van der Waals surface area (Å²) in [6.07, 6.45) is 5.86. The summed E-state index contributed by atoms with van der Waals surface area (Å²) in [7, 11) is 2.16. The molecule has 140 valence electrons. The van der Waals surface area contributed by atoms with Crippen molar-refractivity contribution in [2.75, 3.05) is 26.7 Å². The third-order valence-electron chi connectivity index (χ3n) is 5.19. The number of likely N-dealkylation sites (tertiary alicyclic amines) is 1. The molecule has 3 N–H and O–H groups in total. The topological polar surface area (TPSA) is 84.2 Å². The SMILES string of the molecule is CN1CCCC(COc2cccc(-c3cnc4[nH]ccc4c3C(N)=O)c2)C1. The van der Waals surface area contributed by atoms with Crippen molar-refractivity contribution in [2.24, 2.45) is 11.7 Å². The number of nitrogens with two attached hydrogens (primary N) is 1. The van der Waals surface area contributed by atoms with Crippen LogP contribution in [0.25, 0.3) is 22.2 Å². The Morgan fingerprint density at radius 3 is 3.11 bits per heavy atom. The summed E-state index contributed by atoms with van der Waals surface area (Å²) in [4.78, 5) is 21.9. The van der Waals surface area contributed by atoms with E-state index in [0.717, 1.165) is 35.4 Å². The van der Waals surface area contributed by atoms with E-state index in [-0.39, 0.29) is 0 Å². The molecular weight excluding hydrogens is 340 g/mol. The number of carbonyl (C=O) groups excluding carboxylic acids is 1. The van der Waals surface area contributed by atoms with Crippen molar-refractivity contribution in [1.29, 1.82) is 0 Å². The van der Waals surface area contributed by atoms with Crippen molar-refractivity contribution in [3.8, 4) is 16.9 Å². The Hall–Kier alpha value is -2.86. The zero-order valence-corrected chi connectivity index (χ0v) is 15.4. The minimum atomic E-state index is -0.464. The smallest absolute Gasteiger partial charge is 0.250 e. The zero-order valence-electron chi connectivity index (χ0n) is 15.4. The van der Waals surface area contributed by atoms with Gasteiger partial charge in [0.2, 0.25) is 5.91 Å². The number of nitrogens with zero attached hydrogens (tertiary/aromatic N) is 2. The minimum Gasteiger partial charge on any atom is -0.493 e. The summed E-state index contributed by atoms with van der Waals surface area (Å²) in [5, 5.41) is 0.733. The number of carbonyl (C=O) groups is 1. The molecule has 1 saturated heterocycles. The average Bonchev–Trinajstić information content (AvgIpc) is 3.14. The maximum Gasteiger partial charge on any atom is 0.250 e. The van der Waals surface area contributed by atoms with Crippen LogP contribution in [0.1, 0.15) is 23.2 Å². The van der Waals surface area contributed by atoms with Crippen LogP contribution in [-0.2, 0) is 0 Å². The lowest BCUT2D eigenvalue weighted by molar-refractivity contribution is 0.100. The van der Waals surface area contributed by atoms with Crippen LogP contribution in [0.2, 0.25) is 0 Å². The van der Waals surface area contributed by atoms with E-state index < -0.39 is 5.91 Å². The molecule has 0 saturated carbocycles. The fraction of sp³-hybridized carbons (Fsp3) is 0.333. The van der Waals surface area contributed by atoms with Crippen LogP contribution < -0.4 is 10.5 Å². The quantitative estimate of drug-likeness (QED) is 0.729. The van der Waals surface area contributed by atoms with Gasteiger partial charge >= 0.3 is 0 Å². The fourth-order valence-electron chi connectivity index (χ4n) is 3.87. The number of aromatic nitrogens is 2. The zero-order chi connectivity index (χ0) is 18.8. The van der Waals surface area contributed by atoms with E-state index >= 15 is 0 Å². The first-order valence-electron chi connectivity index (χ1n) is 9.29. The number of aromatic amines is 1. The van der Waals surface area contributed by atoms with Crippen LogP contribution in [0, 0.1) is 5.92 Å². The lowest BCUT2D eigenvalue weighted by Crippen LogP contribution is -2.34. The fourth-order valence-corrected chi connectivity index (χ4v) is 3.87. The molecule has 0 bridgehead atoms. The van der Waals surface area contributed by atoms with Crippen molar-refractivity contribution >= 4 is 16.9 Å². The molecule has 1 aromatic carbocycles. The number of nitrogens with one attached hydrogen (secondary N) is 1. The Bertz CT molecular complexity index is 966. The summed E-state index contributed by atoms with van der Waals surface area (Å²) in [6.45, 7) is 2.93. The van der Waals surface area contributed by atoms with E-state index in [1.807, 2.05) is 30.3 Å². The molecule has 1 fully saturated rings. The summed E-state index contributed by atoms with van der Waals surface area (Å²) < 4.78 is 6.06. The van der Waals surface area contributed by atoms with Gasteiger partial charge in [0.1, 0.15) is 11.4 Å². The molecule has 6 heteroatoms. The predicted molar refractivity (Wildman–Crippen MR) is 106 cm³/mol. The third kappa shape index (κ3) is 3.66. The number of ether oxygens (including phenoxy) is 1. The normalized spacial score (nSPS) is 17.9. The van der Waals surface area contributed by atoms with Crippen LogP contribution in [-0.4, -0.2) is 47.5 Å². The molecule has 0 aliphatic carbocycles. The molecule has 4 rings (SSSR count). The number of hydrogen-bond acceptors (Lipinski definition) is 4. The molecule has 0 spiro atoms. The lowest BCUT2D eigenvalue weighted by Gasteiger charge is -2.29. The lowest BCUT2D eigenvalue weighted by atomic mass is 9.98. The highest BCUT2D eigenvalue weighted by Gasteiger charge is 2.19. The number of primary amides is 1. The predicted octanol–water partition coefficient (Wildman–Crippen LogP) is 3.05. The molecule has 1 aliphatic rings. The molecule has 0 radical (unpaired) electrons. The molecule has 3 aromatic rings. The van der Waals surface area contributed by atoms with Gasteiger partial charge in [-0.1, -0.05) is 12.1 Å². The van der Waals surface area contributed by atoms with Crippen molar-refractivity contribution in [3.05, 3.63) is 48.3 Å². The first-order valence-corrected chi connectivity index (χ1v) is 9.29. The molecule has 2 aromatic heterocycles. The largest absolute Gasteiger partial charge is 0.493 e. The first kappa shape index (κ1) is 17.5. The Labute approximate surface area is 158 Å². The van der Waals surface area contributed by atoms with Gasteiger partial charge in [-0.25, -0.2) is 4.98 Å². The Kier molecular flexibility index (Phi) is 4.81. The van der Waals surface area contributed by atoms with Crippen LogP contribution in [0.5, 0.6) is 5.75 Å². The van der Waals surface area contributed by atoms with Gasteiger partial charge in [0.25, 0.3) is 0 Å². The van der Waals surface area contributed by atoms with Crippen LogP contribution in [0.4, 0.5) is 0 Å². The van der Waals surface area contributed by atoms with E-state index in [1.165, 1.54) is 12.8 Å². The number of rotatable bonds is 5. The van der Waals surface area contributed by atoms with Gasteiger partial charge in [-0.2, -0.15) is 0 Å². The number of pyridine rings is 1. The maximum atomic E-state index is 12.1. The van der Waals surface area contributed by atoms with E-state index in [9.17, 15) is 4.79 Å². The number of H-pyrrole nitrogens is 1. The molecule has 1 amide bonds. The Morgan fingerprint density at radius 2 is 2.30 bits per heavy atom. The molecule has 6 nitrogen and oxygen atoms in total. The van der Waals surface area contributed by atoms with Gasteiger partial charge in [-0.05, 0) is 50.2 Å². The van der Waals surface area contributed by atoms with Crippen molar-refractivity contribution in [3.63, 3.8) is 0 Å². The van der Waals surface area contributed by atoms with Crippen LogP contribution in [0.15, 0.2) is 42.7 Å². The molecule has 3 heterocycles. The van der Waals surface area contributed by atoms with Gasteiger partial charge < -0.3 is 20.4 Å². The summed E-state index contributed by atoms with van der Waals surface area (Å²) in [5.41, 5.74) is 8.39. The molecule has 1 atom stereocenters. The third-order valence-corrected chi connectivity index (χ3v) is 5.19. The molecule has 1 unspecified atom stereocenters. The van der Waals surface area contributed by atoms with E-state index in [4.69, 9.17) is 10.5 Å². The van der Waals surface area contributed by atoms with Crippen LogP contribution in [0.3, 0.4) is 0 Å². The van der Waals surface area contributed by atoms with Crippen molar-refractivity contribution < 1.29 is 9.53 Å². The monoisotopic (exact) mass is 364 g/mol. The Balaban J connectivity index is 1.60. The highest BCUT2D eigenvalue weighted by Crippen LogP contribution is 2.30. The standard InChI is InChI=1S/C21H24N4O2/c1-25-9-3-4-14(12-25)13-27-16-6-2-5-15(10-16)18-11-24-21-17(7-8-23-21)19(18)20(22)26/h2,5-8,10-11,14H,3-4,9,12-13H2,1H3,(H2,22,26)(H,23,24). The number of benzene rings is 1. The van der Waals surface area contributed by atoms with E-state index in [0.29, 0.717) is 23.7 Å². The molecular formula is C21H24N4O2. The van der Waals surface area contributed by atoms with Crippen molar-refractivity contribution in [2.45, 2.75) is 12.8 Å². The molecule has 27 heavy (non-hydrogen) atoms. The average molecular weight is 364 g/mol. The van der Waals surface area contributed by atoms with Crippen molar-refractivity contribution in [1.82, 2.24) is 14.9 Å². The summed E-state index contributed by atoms with van der Waals surface area (Å²) >= 11 is 0. The van der Waals surface area contributed by atoms with E-state index in [1.54, 1.807) is 12.4 Å². The maximum absolute atomic E-state index is 12.1. The highest BCUT2D eigenvalue weighted by molar-refractivity contribution is 6.10. The highest BCUT2D eigenvalue weighted by atomic mass is 16.5. The molecule has 1 aliphatic heterocycles. The summed E-state index contributed by atoms with van der Waals surface area (Å²) in [6, 6.07) is 9.61. The first-order chi connectivity index (χ1) is 13.1. The van der Waals surface area contributed by atoms with Gasteiger partial charge in [0.05, 0.1) is 12.2 Å². The van der Waals surface area contributed by atoms with Gasteiger partial charge in [0, 0.05) is 35.8 Å². The number of amides is 1. The van der Waals surface area contributed by atoms with Gasteiger partial charge in [-0.15, -0.1) is 0 Å². The second-order valence-corrected chi connectivity index (χ2v) is 7.26. The van der Waals surface area contributed by atoms with Crippen LogP contribution >= 0.6 is 0 Å². The number of fused-ring (bicyclic) bond motifs is 1. The second kappa shape index (κ2) is 7.40. The number of hydrogen-bond donors (Lipinski definition) is 2. The Morgan fingerprint density at radius 1 is 1.41 bits per heavy atom.